The van der Waals surface area contributed by atoms with Gasteiger partial charge in [0.05, 0.1) is 11.9 Å². The maximum absolute atomic E-state index is 11.3. The molecule has 16 heavy (non-hydrogen) atoms. The highest BCUT2D eigenvalue weighted by molar-refractivity contribution is 7.93. The zero-order valence-corrected chi connectivity index (χ0v) is 9.73. The summed E-state index contributed by atoms with van der Waals surface area (Å²) in [7, 11) is -3.85. The summed E-state index contributed by atoms with van der Waals surface area (Å²) in [6.45, 7) is 3.78. The van der Waals surface area contributed by atoms with Crippen LogP contribution in [0.3, 0.4) is 0 Å². The molecule has 1 aromatic rings. The van der Waals surface area contributed by atoms with E-state index in [4.69, 9.17) is 5.11 Å². The van der Waals surface area contributed by atoms with E-state index in [2.05, 4.69) is 9.82 Å². The fraction of sp³-hybridized carbons (Fsp3) is 0.500. The summed E-state index contributed by atoms with van der Waals surface area (Å²) in [5.74, 6) is -2.36. The molecule has 1 rings (SSSR count). The Kier molecular flexibility index (Phi) is 3.53. The maximum Gasteiger partial charge on any atom is 0.320 e. The van der Waals surface area contributed by atoms with Gasteiger partial charge in [-0.25, -0.2) is 8.42 Å². The van der Waals surface area contributed by atoms with Gasteiger partial charge in [-0.2, -0.15) is 5.10 Å². The van der Waals surface area contributed by atoms with Crippen LogP contribution >= 0.6 is 0 Å². The van der Waals surface area contributed by atoms with Crippen LogP contribution in [-0.4, -0.2) is 35.0 Å². The molecule has 0 radical (unpaired) electrons. The molecule has 1 aromatic heterocycles. The van der Waals surface area contributed by atoms with Crippen LogP contribution in [0, 0.1) is 0 Å². The third-order valence-corrected chi connectivity index (χ3v) is 2.89. The smallest absolute Gasteiger partial charge is 0.320 e. The second-order valence-electron chi connectivity index (χ2n) is 3.56. The Labute approximate surface area is 93.1 Å². The molecule has 0 unspecified atom stereocenters. The van der Waals surface area contributed by atoms with Crippen molar-refractivity contribution >= 4 is 21.7 Å². The Morgan fingerprint density at radius 3 is 2.69 bits per heavy atom. The van der Waals surface area contributed by atoms with Crippen molar-refractivity contribution in [3.8, 4) is 0 Å². The Morgan fingerprint density at radius 1 is 1.62 bits per heavy atom. The van der Waals surface area contributed by atoms with Gasteiger partial charge >= 0.3 is 5.97 Å². The van der Waals surface area contributed by atoms with E-state index in [9.17, 15) is 13.2 Å². The zero-order chi connectivity index (χ0) is 12.3. The van der Waals surface area contributed by atoms with Crippen LogP contribution in [0.15, 0.2) is 12.4 Å². The standard InChI is InChI=1S/C8H13N3O4S/c1-6(2)11-4-7(3-9-11)10-16(14,15)5-8(12)13/h3-4,6,10H,5H2,1-2H3,(H,12,13). The minimum atomic E-state index is -3.85. The second kappa shape index (κ2) is 4.52. The highest BCUT2D eigenvalue weighted by Gasteiger charge is 2.16. The molecule has 1 heterocycles. The summed E-state index contributed by atoms with van der Waals surface area (Å²) in [5, 5.41) is 12.3. The number of rotatable bonds is 5. The van der Waals surface area contributed by atoms with E-state index in [0.29, 0.717) is 0 Å². The van der Waals surface area contributed by atoms with Crippen LogP contribution in [0.25, 0.3) is 0 Å². The number of anilines is 1. The van der Waals surface area contributed by atoms with Crippen LogP contribution in [0.4, 0.5) is 5.69 Å². The van der Waals surface area contributed by atoms with E-state index < -0.39 is 21.7 Å². The van der Waals surface area contributed by atoms with Gasteiger partial charge in [-0.15, -0.1) is 0 Å². The molecule has 0 atom stereocenters. The monoisotopic (exact) mass is 247 g/mol. The lowest BCUT2D eigenvalue weighted by molar-refractivity contribution is -0.134. The van der Waals surface area contributed by atoms with Gasteiger partial charge in [-0.3, -0.25) is 14.2 Å². The Hall–Kier alpha value is -1.57. The number of nitrogens with zero attached hydrogens (tertiary/aromatic N) is 2. The van der Waals surface area contributed by atoms with Crippen LogP contribution in [0.1, 0.15) is 19.9 Å². The third kappa shape index (κ3) is 3.54. The van der Waals surface area contributed by atoms with Crippen molar-refractivity contribution in [1.29, 1.82) is 0 Å². The lowest BCUT2D eigenvalue weighted by Gasteiger charge is -2.04. The number of sulfonamides is 1. The first kappa shape index (κ1) is 12.5. The first-order valence-corrected chi connectivity index (χ1v) is 6.22. The number of carboxylic acids is 1. The minimum Gasteiger partial charge on any atom is -0.480 e. The van der Waals surface area contributed by atoms with Gasteiger partial charge in [0.2, 0.25) is 10.0 Å². The molecule has 0 saturated heterocycles. The van der Waals surface area contributed by atoms with Crippen LogP contribution in [0.5, 0.6) is 0 Å². The summed E-state index contributed by atoms with van der Waals surface area (Å²) in [5.41, 5.74) is 0.259. The van der Waals surface area contributed by atoms with Crippen molar-refractivity contribution in [3.63, 3.8) is 0 Å². The fourth-order valence-corrected chi connectivity index (χ4v) is 1.91. The van der Waals surface area contributed by atoms with Crippen molar-refractivity contribution in [2.24, 2.45) is 0 Å². The lowest BCUT2D eigenvalue weighted by Crippen LogP contribution is -2.22. The molecule has 0 fully saturated rings. The highest BCUT2D eigenvalue weighted by atomic mass is 32.2. The molecule has 0 aromatic carbocycles. The molecular weight excluding hydrogens is 234 g/mol. The lowest BCUT2D eigenvalue weighted by atomic mass is 10.4. The quantitative estimate of drug-likeness (QED) is 0.778. The largest absolute Gasteiger partial charge is 0.480 e. The van der Waals surface area contributed by atoms with Crippen LogP contribution in [-0.2, 0) is 14.8 Å². The average Bonchev–Trinajstić information content (AvgIpc) is 2.48. The number of carboxylic acid groups (broad SMARTS) is 1. The van der Waals surface area contributed by atoms with Gasteiger partial charge in [-0.1, -0.05) is 0 Å². The molecule has 2 N–H and O–H groups in total. The molecule has 0 aliphatic heterocycles. The average molecular weight is 247 g/mol. The summed E-state index contributed by atoms with van der Waals surface area (Å²) >= 11 is 0. The summed E-state index contributed by atoms with van der Waals surface area (Å²) < 4.78 is 26.2. The predicted octanol–water partition coefficient (Wildman–Crippen LogP) is 0.290. The molecule has 8 heteroatoms. The Morgan fingerprint density at radius 2 is 2.25 bits per heavy atom. The fourth-order valence-electron chi connectivity index (χ4n) is 1.05. The summed E-state index contributed by atoms with van der Waals surface area (Å²) in [6.07, 6.45) is 2.84. The van der Waals surface area contributed by atoms with Gasteiger partial charge in [0.1, 0.15) is 0 Å². The molecule has 7 nitrogen and oxygen atoms in total. The Bertz CT molecular complexity index is 477. The maximum atomic E-state index is 11.3. The zero-order valence-electron chi connectivity index (χ0n) is 8.91. The summed E-state index contributed by atoms with van der Waals surface area (Å²) in [4.78, 5) is 10.3. The topological polar surface area (TPSA) is 101 Å². The molecule has 0 aliphatic rings. The molecular formula is C8H13N3O4S. The molecule has 0 saturated carbocycles. The number of hydrogen-bond donors (Lipinski definition) is 2. The first-order valence-electron chi connectivity index (χ1n) is 4.56. The molecule has 0 amide bonds. The highest BCUT2D eigenvalue weighted by Crippen LogP contribution is 2.11. The van der Waals surface area contributed by atoms with Crippen molar-refractivity contribution in [3.05, 3.63) is 12.4 Å². The van der Waals surface area contributed by atoms with E-state index in [1.807, 2.05) is 13.8 Å². The van der Waals surface area contributed by atoms with E-state index in [1.54, 1.807) is 4.68 Å². The predicted molar refractivity (Wildman–Crippen MR) is 57.7 cm³/mol. The Balaban J connectivity index is 2.76. The molecule has 90 valence electrons. The van der Waals surface area contributed by atoms with E-state index in [-0.39, 0.29) is 11.7 Å². The van der Waals surface area contributed by atoms with Gasteiger partial charge in [0, 0.05) is 12.2 Å². The van der Waals surface area contributed by atoms with E-state index >= 15 is 0 Å². The first-order chi connectivity index (χ1) is 7.30. The second-order valence-corrected chi connectivity index (χ2v) is 5.28. The van der Waals surface area contributed by atoms with Crippen molar-refractivity contribution in [1.82, 2.24) is 9.78 Å². The number of aromatic nitrogens is 2. The molecule has 0 aliphatic carbocycles. The van der Waals surface area contributed by atoms with Gasteiger partial charge in [0.25, 0.3) is 0 Å². The number of nitrogens with one attached hydrogen (secondary N) is 1. The SMILES string of the molecule is CC(C)n1cc(NS(=O)(=O)CC(=O)O)cn1. The number of hydrogen-bond acceptors (Lipinski definition) is 4. The normalized spacial score (nSPS) is 11.7. The summed E-state index contributed by atoms with van der Waals surface area (Å²) in [6, 6.07) is 0.109. The third-order valence-electron chi connectivity index (χ3n) is 1.72. The van der Waals surface area contributed by atoms with Gasteiger partial charge in [-0.05, 0) is 13.8 Å². The van der Waals surface area contributed by atoms with Gasteiger partial charge in [0.15, 0.2) is 5.75 Å². The van der Waals surface area contributed by atoms with Gasteiger partial charge < -0.3 is 5.11 Å². The van der Waals surface area contributed by atoms with E-state index in [0.717, 1.165) is 0 Å². The number of carbonyl (C=O) groups is 1. The van der Waals surface area contributed by atoms with Crippen molar-refractivity contribution in [2.75, 3.05) is 10.5 Å². The molecule has 0 spiro atoms. The van der Waals surface area contributed by atoms with Crippen molar-refractivity contribution in [2.45, 2.75) is 19.9 Å². The van der Waals surface area contributed by atoms with Crippen LogP contribution in [0.2, 0.25) is 0 Å². The van der Waals surface area contributed by atoms with Crippen molar-refractivity contribution < 1.29 is 18.3 Å². The van der Waals surface area contributed by atoms with Crippen LogP contribution < -0.4 is 4.72 Å². The van der Waals surface area contributed by atoms with E-state index in [1.165, 1.54) is 12.4 Å². The minimum absolute atomic E-state index is 0.109. The molecule has 0 bridgehead atoms. The number of aliphatic carboxylic acids is 1.